The third-order valence-corrected chi connectivity index (χ3v) is 0.542. The van der Waals surface area contributed by atoms with E-state index in [0.29, 0.717) is 12.5 Å². The van der Waals surface area contributed by atoms with Crippen LogP contribution >= 0.6 is 0 Å². The Labute approximate surface area is 44.1 Å². The highest BCUT2D eigenvalue weighted by Gasteiger charge is 1.88. The van der Waals surface area contributed by atoms with Crippen LogP contribution in [0.25, 0.3) is 0 Å². The first-order valence-electron chi connectivity index (χ1n) is 2.46. The summed E-state index contributed by atoms with van der Waals surface area (Å²) in [6, 6.07) is 0. The first kappa shape index (κ1) is 6.92. The summed E-state index contributed by atoms with van der Waals surface area (Å²) < 4.78 is 4.65. The van der Waals surface area contributed by atoms with Crippen molar-refractivity contribution in [2.24, 2.45) is 5.92 Å². The molecule has 7 heavy (non-hydrogen) atoms. The summed E-state index contributed by atoms with van der Waals surface area (Å²) in [5.41, 5.74) is 0. The zero-order valence-electron chi connectivity index (χ0n) is 4.85. The fourth-order valence-electron chi connectivity index (χ4n) is 0.288. The Morgan fingerprint density at radius 1 is 1.57 bits per heavy atom. The molecule has 0 rings (SSSR count). The molecule has 0 aromatic rings. The Morgan fingerprint density at radius 2 is 2.14 bits per heavy atom. The summed E-state index contributed by atoms with van der Waals surface area (Å²) in [5.74, 6) is 0.521. The molecule has 0 aliphatic carbocycles. The molecule has 0 aliphatic heterocycles. The third-order valence-electron chi connectivity index (χ3n) is 0.542. The van der Waals surface area contributed by atoms with Crippen molar-refractivity contribution in [3.63, 3.8) is 0 Å². The van der Waals surface area contributed by atoms with E-state index in [0.717, 1.165) is 0 Å². The van der Waals surface area contributed by atoms with Crippen LogP contribution in [0.3, 0.4) is 0 Å². The monoisotopic (exact) mass is 104 g/mol. The Bertz CT molecular complexity index is 35.1. The fraction of sp³-hybridized carbons (Fsp3) is 1.00. The van der Waals surface area contributed by atoms with E-state index < -0.39 is 0 Å². The van der Waals surface area contributed by atoms with E-state index in [2.05, 4.69) is 4.74 Å². The maximum atomic E-state index is 8.09. The Hall–Kier alpha value is -0.0800. The second-order valence-corrected chi connectivity index (χ2v) is 1.89. The van der Waals surface area contributed by atoms with Gasteiger partial charge in [-0.05, 0) is 5.92 Å². The molecule has 0 radical (unpaired) electrons. The Morgan fingerprint density at radius 3 is 2.29 bits per heavy atom. The minimum absolute atomic E-state index is 0.155. The van der Waals surface area contributed by atoms with Crippen LogP contribution in [0, 0.1) is 5.92 Å². The van der Waals surface area contributed by atoms with Crippen molar-refractivity contribution in [3.8, 4) is 0 Å². The lowest BCUT2D eigenvalue weighted by atomic mass is 10.2. The SMILES string of the molecule is CC(C)COCO. The molecule has 0 aromatic carbocycles. The van der Waals surface area contributed by atoms with E-state index in [4.69, 9.17) is 5.11 Å². The van der Waals surface area contributed by atoms with E-state index in [1.165, 1.54) is 0 Å². The van der Waals surface area contributed by atoms with E-state index in [9.17, 15) is 0 Å². The largest absolute Gasteiger partial charge is 0.371 e. The average Bonchev–Trinajstić information content (AvgIpc) is 1.61. The molecule has 0 atom stereocenters. The maximum Gasteiger partial charge on any atom is 0.143 e. The molecule has 0 unspecified atom stereocenters. The van der Waals surface area contributed by atoms with Crippen molar-refractivity contribution in [1.82, 2.24) is 0 Å². The van der Waals surface area contributed by atoms with Crippen LogP contribution in [0.1, 0.15) is 13.8 Å². The summed E-state index contributed by atoms with van der Waals surface area (Å²) in [7, 11) is 0. The lowest BCUT2D eigenvalue weighted by Crippen LogP contribution is -2.01. The van der Waals surface area contributed by atoms with Gasteiger partial charge in [0, 0.05) is 0 Å². The van der Waals surface area contributed by atoms with Gasteiger partial charge in [-0.3, -0.25) is 0 Å². The highest BCUT2D eigenvalue weighted by Crippen LogP contribution is 1.89. The molecular formula is C5H12O2. The van der Waals surface area contributed by atoms with Gasteiger partial charge < -0.3 is 9.84 Å². The van der Waals surface area contributed by atoms with Crippen LogP contribution in [-0.2, 0) is 4.74 Å². The van der Waals surface area contributed by atoms with Crippen molar-refractivity contribution in [1.29, 1.82) is 0 Å². The van der Waals surface area contributed by atoms with Gasteiger partial charge in [0.1, 0.15) is 6.79 Å². The van der Waals surface area contributed by atoms with Gasteiger partial charge in [-0.25, -0.2) is 0 Å². The van der Waals surface area contributed by atoms with Gasteiger partial charge in [-0.15, -0.1) is 0 Å². The first-order valence-corrected chi connectivity index (χ1v) is 2.46. The van der Waals surface area contributed by atoms with Crippen LogP contribution in [0.2, 0.25) is 0 Å². The maximum absolute atomic E-state index is 8.09. The summed E-state index contributed by atoms with van der Waals surface area (Å²) in [6.45, 7) is 4.57. The van der Waals surface area contributed by atoms with E-state index in [-0.39, 0.29) is 6.79 Å². The highest BCUT2D eigenvalue weighted by atomic mass is 16.6. The van der Waals surface area contributed by atoms with Gasteiger partial charge in [0.2, 0.25) is 0 Å². The van der Waals surface area contributed by atoms with Gasteiger partial charge in [0.25, 0.3) is 0 Å². The second kappa shape index (κ2) is 4.09. The number of ether oxygens (including phenoxy) is 1. The second-order valence-electron chi connectivity index (χ2n) is 1.89. The molecule has 0 saturated carbocycles. The van der Waals surface area contributed by atoms with Crippen LogP contribution in [0.5, 0.6) is 0 Å². The zero-order chi connectivity index (χ0) is 5.70. The molecule has 2 nitrogen and oxygen atoms in total. The minimum Gasteiger partial charge on any atom is -0.371 e. The average molecular weight is 104 g/mol. The number of aliphatic hydroxyl groups is 1. The van der Waals surface area contributed by atoms with Gasteiger partial charge >= 0.3 is 0 Å². The summed E-state index contributed by atoms with van der Waals surface area (Å²) in [5, 5.41) is 8.09. The van der Waals surface area contributed by atoms with Gasteiger partial charge in [-0.2, -0.15) is 0 Å². The number of aliphatic hydroxyl groups excluding tert-OH is 1. The van der Waals surface area contributed by atoms with E-state index >= 15 is 0 Å². The highest BCUT2D eigenvalue weighted by molar-refractivity contribution is 4.35. The van der Waals surface area contributed by atoms with Crippen molar-refractivity contribution in [2.45, 2.75) is 13.8 Å². The zero-order valence-corrected chi connectivity index (χ0v) is 4.85. The molecule has 0 aromatic heterocycles. The molecule has 1 N–H and O–H groups in total. The van der Waals surface area contributed by atoms with Crippen molar-refractivity contribution < 1.29 is 9.84 Å². The van der Waals surface area contributed by atoms with Crippen LogP contribution in [0.4, 0.5) is 0 Å². The predicted molar refractivity (Wildman–Crippen MR) is 27.9 cm³/mol. The molecule has 0 heterocycles. The van der Waals surface area contributed by atoms with E-state index in [1.807, 2.05) is 13.8 Å². The standard InChI is InChI=1S/C5H12O2/c1-5(2)3-7-4-6/h5-6H,3-4H2,1-2H3. The van der Waals surface area contributed by atoms with Gasteiger partial charge in [0.05, 0.1) is 6.61 Å². The van der Waals surface area contributed by atoms with Gasteiger partial charge in [0.15, 0.2) is 0 Å². The van der Waals surface area contributed by atoms with Crippen LogP contribution in [0.15, 0.2) is 0 Å². The molecular weight excluding hydrogens is 92.1 g/mol. The van der Waals surface area contributed by atoms with Crippen molar-refractivity contribution >= 4 is 0 Å². The topological polar surface area (TPSA) is 29.5 Å². The van der Waals surface area contributed by atoms with E-state index in [1.54, 1.807) is 0 Å². The van der Waals surface area contributed by atoms with Crippen LogP contribution in [-0.4, -0.2) is 18.5 Å². The summed E-state index contributed by atoms with van der Waals surface area (Å²) in [6.07, 6.45) is 0. The first-order chi connectivity index (χ1) is 3.27. The molecule has 2 heteroatoms. The quantitative estimate of drug-likeness (QED) is 0.531. The Kier molecular flexibility index (Phi) is 4.04. The lowest BCUT2D eigenvalue weighted by Gasteiger charge is -2.00. The number of rotatable bonds is 3. The molecule has 0 aliphatic rings. The minimum atomic E-state index is -0.155. The Balaban J connectivity index is 2.68. The van der Waals surface area contributed by atoms with Crippen molar-refractivity contribution in [3.05, 3.63) is 0 Å². The summed E-state index contributed by atoms with van der Waals surface area (Å²) >= 11 is 0. The summed E-state index contributed by atoms with van der Waals surface area (Å²) in [4.78, 5) is 0. The molecule has 0 bridgehead atoms. The van der Waals surface area contributed by atoms with Crippen molar-refractivity contribution in [2.75, 3.05) is 13.4 Å². The van der Waals surface area contributed by atoms with Crippen LogP contribution < -0.4 is 0 Å². The molecule has 0 saturated heterocycles. The smallest absolute Gasteiger partial charge is 0.143 e. The van der Waals surface area contributed by atoms with Gasteiger partial charge in [-0.1, -0.05) is 13.8 Å². The molecule has 0 amide bonds. The third kappa shape index (κ3) is 5.92. The normalized spacial score (nSPS) is 10.3. The predicted octanol–water partition coefficient (Wildman–Crippen LogP) is 0.609. The number of hydrogen-bond donors (Lipinski definition) is 1. The lowest BCUT2D eigenvalue weighted by molar-refractivity contribution is -0.0129. The molecule has 0 fully saturated rings. The fourth-order valence-corrected chi connectivity index (χ4v) is 0.288. The molecule has 44 valence electrons. The number of hydrogen-bond acceptors (Lipinski definition) is 2. The molecule has 0 spiro atoms.